The van der Waals surface area contributed by atoms with Gasteiger partial charge < -0.3 is 0 Å². The fourth-order valence-corrected chi connectivity index (χ4v) is 3.23. The lowest BCUT2D eigenvalue weighted by molar-refractivity contribution is 0.0992. The monoisotopic (exact) mass is 304 g/mol. The Morgan fingerprint density at radius 3 is 2.05 bits per heavy atom. The molecular formula is C20H16OS. The van der Waals surface area contributed by atoms with Gasteiger partial charge in [-0.2, -0.15) is 0 Å². The van der Waals surface area contributed by atoms with E-state index < -0.39 is 0 Å². The number of ketones is 1. The molecule has 0 aliphatic rings. The third kappa shape index (κ3) is 3.66. The predicted octanol–water partition coefficient (Wildman–Crippen LogP) is 5.26. The third-order valence-electron chi connectivity index (χ3n) is 3.39. The molecular weight excluding hydrogens is 288 g/mol. The van der Waals surface area contributed by atoms with Gasteiger partial charge in [0.25, 0.3) is 0 Å². The lowest BCUT2D eigenvalue weighted by Gasteiger charge is -2.09. The Morgan fingerprint density at radius 1 is 0.727 bits per heavy atom. The van der Waals surface area contributed by atoms with Crippen LogP contribution < -0.4 is 0 Å². The summed E-state index contributed by atoms with van der Waals surface area (Å²) in [4.78, 5) is 14.7. The van der Waals surface area contributed by atoms with E-state index in [1.165, 1.54) is 4.90 Å². The average molecular weight is 304 g/mol. The molecule has 3 aromatic rings. The van der Waals surface area contributed by atoms with Crippen LogP contribution in [0, 0.1) is 0 Å². The first-order chi connectivity index (χ1) is 10.8. The Hall–Kier alpha value is -2.32. The zero-order valence-corrected chi connectivity index (χ0v) is 12.9. The molecule has 0 saturated heterocycles. The van der Waals surface area contributed by atoms with Gasteiger partial charge in [-0.15, -0.1) is 0 Å². The van der Waals surface area contributed by atoms with Crippen molar-refractivity contribution in [3.05, 3.63) is 96.1 Å². The first-order valence-electron chi connectivity index (χ1n) is 7.22. The molecule has 0 aliphatic heterocycles. The minimum atomic E-state index is 0.154. The molecule has 0 N–H and O–H groups in total. The molecule has 2 heteroatoms. The Kier molecular flexibility index (Phi) is 4.71. The van der Waals surface area contributed by atoms with Crippen molar-refractivity contribution in [2.75, 3.05) is 0 Å². The largest absolute Gasteiger partial charge is 0.294 e. The van der Waals surface area contributed by atoms with Crippen molar-refractivity contribution < 1.29 is 4.79 Å². The van der Waals surface area contributed by atoms with Gasteiger partial charge in [-0.25, -0.2) is 0 Å². The van der Waals surface area contributed by atoms with Crippen LogP contribution in [-0.2, 0) is 6.42 Å². The lowest BCUT2D eigenvalue weighted by Crippen LogP contribution is -2.04. The molecule has 3 aromatic carbocycles. The summed E-state index contributed by atoms with van der Waals surface area (Å²) in [6.07, 6.45) is 0.431. The second-order valence-corrected chi connectivity index (χ2v) is 6.10. The summed E-state index contributed by atoms with van der Waals surface area (Å²) in [6, 6.07) is 27.8. The Morgan fingerprint density at radius 2 is 1.32 bits per heavy atom. The number of hydrogen-bond donors (Lipinski definition) is 0. The predicted molar refractivity (Wildman–Crippen MR) is 91.5 cm³/mol. The van der Waals surface area contributed by atoms with E-state index in [4.69, 9.17) is 0 Å². The molecule has 1 nitrogen and oxygen atoms in total. The molecule has 0 saturated carbocycles. The lowest BCUT2D eigenvalue weighted by atomic mass is 10.0. The molecule has 0 bridgehead atoms. The fraction of sp³-hybridized carbons (Fsp3) is 0.0500. The molecule has 0 spiro atoms. The second-order valence-electron chi connectivity index (χ2n) is 4.99. The highest BCUT2D eigenvalue weighted by molar-refractivity contribution is 7.99. The minimum absolute atomic E-state index is 0.154. The molecule has 22 heavy (non-hydrogen) atoms. The standard InChI is InChI=1S/C20H16OS/c21-19(16-9-3-1-4-10-16)15-17-11-7-8-14-20(17)22-18-12-5-2-6-13-18/h1-14H,15H2. The van der Waals surface area contributed by atoms with Crippen LogP contribution in [0.2, 0.25) is 0 Å². The highest BCUT2D eigenvalue weighted by atomic mass is 32.2. The van der Waals surface area contributed by atoms with Crippen LogP contribution >= 0.6 is 11.8 Å². The van der Waals surface area contributed by atoms with Gasteiger partial charge in [-0.3, -0.25) is 4.79 Å². The summed E-state index contributed by atoms with van der Waals surface area (Å²) in [5.74, 6) is 0.154. The van der Waals surface area contributed by atoms with Crippen molar-refractivity contribution >= 4 is 17.5 Å². The number of benzene rings is 3. The van der Waals surface area contributed by atoms with Crippen LogP contribution in [0.5, 0.6) is 0 Å². The molecule has 0 radical (unpaired) electrons. The van der Waals surface area contributed by atoms with E-state index in [0.717, 1.165) is 16.0 Å². The van der Waals surface area contributed by atoms with Gasteiger partial charge in [-0.1, -0.05) is 78.5 Å². The van der Waals surface area contributed by atoms with Gasteiger partial charge in [0, 0.05) is 21.8 Å². The summed E-state index contributed by atoms with van der Waals surface area (Å²) < 4.78 is 0. The van der Waals surface area contributed by atoms with Crippen molar-refractivity contribution in [2.45, 2.75) is 16.2 Å². The van der Waals surface area contributed by atoms with Crippen LogP contribution in [-0.4, -0.2) is 5.78 Å². The maximum Gasteiger partial charge on any atom is 0.167 e. The molecule has 0 fully saturated rings. The van der Waals surface area contributed by atoms with E-state index in [1.54, 1.807) is 11.8 Å². The minimum Gasteiger partial charge on any atom is -0.294 e. The Balaban J connectivity index is 1.81. The summed E-state index contributed by atoms with van der Waals surface area (Å²) in [5.41, 5.74) is 1.84. The summed E-state index contributed by atoms with van der Waals surface area (Å²) in [7, 11) is 0. The molecule has 0 unspecified atom stereocenters. The number of rotatable bonds is 5. The quantitative estimate of drug-likeness (QED) is 0.598. The first-order valence-corrected chi connectivity index (χ1v) is 8.03. The molecule has 108 valence electrons. The summed E-state index contributed by atoms with van der Waals surface area (Å²) >= 11 is 1.70. The average Bonchev–Trinajstić information content (AvgIpc) is 2.58. The normalized spacial score (nSPS) is 10.4. The topological polar surface area (TPSA) is 17.1 Å². The third-order valence-corrected chi connectivity index (χ3v) is 4.52. The van der Waals surface area contributed by atoms with Crippen LogP contribution in [0.15, 0.2) is 94.7 Å². The first kappa shape index (κ1) is 14.6. The van der Waals surface area contributed by atoms with Crippen molar-refractivity contribution in [2.24, 2.45) is 0 Å². The van der Waals surface area contributed by atoms with Gasteiger partial charge in [0.15, 0.2) is 5.78 Å². The zero-order chi connectivity index (χ0) is 15.2. The molecule has 0 aromatic heterocycles. The Bertz CT molecular complexity index is 751. The molecule has 0 heterocycles. The van der Waals surface area contributed by atoms with E-state index in [9.17, 15) is 4.79 Å². The van der Waals surface area contributed by atoms with Crippen molar-refractivity contribution in [3.8, 4) is 0 Å². The second kappa shape index (κ2) is 7.10. The van der Waals surface area contributed by atoms with E-state index >= 15 is 0 Å². The van der Waals surface area contributed by atoms with E-state index in [2.05, 4.69) is 18.2 Å². The van der Waals surface area contributed by atoms with Crippen LogP contribution in [0.4, 0.5) is 0 Å². The van der Waals surface area contributed by atoms with Crippen LogP contribution in [0.3, 0.4) is 0 Å². The van der Waals surface area contributed by atoms with E-state index in [0.29, 0.717) is 6.42 Å². The summed E-state index contributed by atoms with van der Waals surface area (Å²) in [5, 5.41) is 0. The Labute approximate surface area is 135 Å². The smallest absolute Gasteiger partial charge is 0.167 e. The zero-order valence-electron chi connectivity index (χ0n) is 12.1. The number of Topliss-reactive ketones (excluding diaryl/α,β-unsaturated/α-hetero) is 1. The number of hydrogen-bond acceptors (Lipinski definition) is 2. The maximum atomic E-state index is 12.4. The van der Waals surface area contributed by atoms with Crippen molar-refractivity contribution in [3.63, 3.8) is 0 Å². The van der Waals surface area contributed by atoms with Crippen molar-refractivity contribution in [1.29, 1.82) is 0 Å². The van der Waals surface area contributed by atoms with E-state index in [1.807, 2.05) is 66.7 Å². The highest BCUT2D eigenvalue weighted by Crippen LogP contribution is 2.30. The van der Waals surface area contributed by atoms with Gasteiger partial charge in [-0.05, 0) is 23.8 Å². The van der Waals surface area contributed by atoms with Gasteiger partial charge in [0.2, 0.25) is 0 Å². The number of carbonyl (C=O) groups is 1. The molecule has 0 atom stereocenters. The van der Waals surface area contributed by atoms with E-state index in [-0.39, 0.29) is 5.78 Å². The SMILES string of the molecule is O=C(Cc1ccccc1Sc1ccccc1)c1ccccc1. The van der Waals surface area contributed by atoms with Crippen molar-refractivity contribution in [1.82, 2.24) is 0 Å². The molecule has 0 amide bonds. The number of carbonyl (C=O) groups excluding carboxylic acids is 1. The van der Waals surface area contributed by atoms with Gasteiger partial charge in [0.05, 0.1) is 0 Å². The fourth-order valence-electron chi connectivity index (χ4n) is 2.26. The van der Waals surface area contributed by atoms with Crippen LogP contribution in [0.25, 0.3) is 0 Å². The van der Waals surface area contributed by atoms with Gasteiger partial charge in [0.1, 0.15) is 0 Å². The summed E-state index contributed by atoms with van der Waals surface area (Å²) in [6.45, 7) is 0. The molecule has 3 rings (SSSR count). The maximum absolute atomic E-state index is 12.4. The van der Waals surface area contributed by atoms with Crippen LogP contribution in [0.1, 0.15) is 15.9 Å². The molecule has 0 aliphatic carbocycles. The highest BCUT2D eigenvalue weighted by Gasteiger charge is 2.10. The van der Waals surface area contributed by atoms with Gasteiger partial charge >= 0.3 is 0 Å².